The van der Waals surface area contributed by atoms with Crippen LogP contribution in [0.4, 0.5) is 0 Å². The molecule has 0 N–H and O–H groups in total. The molecule has 0 atom stereocenters. The van der Waals surface area contributed by atoms with E-state index in [-0.39, 0.29) is 0 Å². The molecular formula is C6H5IOS. The van der Waals surface area contributed by atoms with Gasteiger partial charge in [-0.1, -0.05) is 0 Å². The molecule has 1 aromatic heterocycles. The van der Waals surface area contributed by atoms with Gasteiger partial charge in [-0.2, -0.15) is 0 Å². The van der Waals surface area contributed by atoms with Gasteiger partial charge >= 0.3 is 0 Å². The molecule has 0 unspecified atom stereocenters. The van der Waals surface area contributed by atoms with Gasteiger partial charge < -0.3 is 0 Å². The molecule has 1 aromatic rings. The molecule has 48 valence electrons. The van der Waals surface area contributed by atoms with Gasteiger partial charge in [0.05, 0.1) is 7.76 Å². The Labute approximate surface area is 71.2 Å². The van der Waals surface area contributed by atoms with Crippen molar-refractivity contribution >= 4 is 40.2 Å². The van der Waals surface area contributed by atoms with Crippen LogP contribution in [0.5, 0.6) is 0 Å². The molecule has 1 nitrogen and oxygen atoms in total. The third-order valence-corrected chi connectivity index (χ3v) is 2.96. The largest absolute Gasteiger partial charge is 0.297 e. The second-order valence-corrected chi connectivity index (χ2v) is 4.69. The number of aldehydes is 1. The van der Waals surface area contributed by atoms with Crippen molar-refractivity contribution in [1.82, 2.24) is 0 Å². The van der Waals surface area contributed by atoms with Gasteiger partial charge in [-0.05, 0) is 41.1 Å². The van der Waals surface area contributed by atoms with Gasteiger partial charge in [0.15, 0.2) is 6.29 Å². The average molecular weight is 252 g/mol. The molecule has 0 amide bonds. The topological polar surface area (TPSA) is 17.1 Å². The van der Waals surface area contributed by atoms with Gasteiger partial charge in [0.2, 0.25) is 0 Å². The van der Waals surface area contributed by atoms with Crippen LogP contribution in [0.25, 0.3) is 0 Å². The van der Waals surface area contributed by atoms with Gasteiger partial charge in [-0.25, -0.2) is 0 Å². The lowest BCUT2D eigenvalue weighted by atomic mass is 10.3. The fourth-order valence-electron chi connectivity index (χ4n) is 0.573. The summed E-state index contributed by atoms with van der Waals surface area (Å²) in [7, 11) is 0. The molecule has 1 heterocycles. The number of hydrogen-bond donors (Lipinski definition) is 0. The van der Waals surface area contributed by atoms with Crippen LogP contribution in [0, 0.1) is 9.81 Å². The minimum Gasteiger partial charge on any atom is -0.297 e. The van der Waals surface area contributed by atoms with Gasteiger partial charge in [0.1, 0.15) is 0 Å². The Morgan fingerprint density at radius 2 is 2.44 bits per heavy atom. The SMILES string of the molecule is Cc1cc(I)sc1C=O. The van der Waals surface area contributed by atoms with E-state index < -0.39 is 0 Å². The fourth-order valence-corrected chi connectivity index (χ4v) is 2.47. The Hall–Kier alpha value is 0.1000. The van der Waals surface area contributed by atoms with Crippen molar-refractivity contribution in [3.8, 4) is 0 Å². The van der Waals surface area contributed by atoms with Crippen LogP contribution in [-0.4, -0.2) is 6.29 Å². The quantitative estimate of drug-likeness (QED) is 0.554. The van der Waals surface area contributed by atoms with Crippen molar-refractivity contribution in [1.29, 1.82) is 0 Å². The maximum atomic E-state index is 10.2. The monoisotopic (exact) mass is 252 g/mol. The fraction of sp³-hybridized carbons (Fsp3) is 0.167. The number of carbonyl (C=O) groups excluding carboxylic acids is 1. The smallest absolute Gasteiger partial charge is 0.160 e. The number of carbonyl (C=O) groups is 1. The standard InChI is InChI=1S/C6H5IOS/c1-4-2-6(7)9-5(4)3-8/h2-3H,1H3. The molecular weight excluding hydrogens is 247 g/mol. The molecule has 0 aromatic carbocycles. The van der Waals surface area contributed by atoms with Crippen molar-refractivity contribution < 1.29 is 4.79 Å². The molecule has 0 bridgehead atoms. The third-order valence-electron chi connectivity index (χ3n) is 1.03. The first-order valence-corrected chi connectivity index (χ1v) is 4.34. The summed E-state index contributed by atoms with van der Waals surface area (Å²) in [5, 5.41) is 0. The molecule has 0 radical (unpaired) electrons. The lowest BCUT2D eigenvalue weighted by Crippen LogP contribution is -1.72. The first-order chi connectivity index (χ1) is 4.24. The number of halogens is 1. The van der Waals surface area contributed by atoms with E-state index in [0.717, 1.165) is 16.7 Å². The van der Waals surface area contributed by atoms with Gasteiger partial charge in [0, 0.05) is 0 Å². The van der Waals surface area contributed by atoms with Crippen LogP contribution in [0.2, 0.25) is 0 Å². The summed E-state index contributed by atoms with van der Waals surface area (Å²) in [5.41, 5.74) is 1.08. The zero-order chi connectivity index (χ0) is 6.85. The lowest BCUT2D eigenvalue weighted by Gasteiger charge is -1.78. The summed E-state index contributed by atoms with van der Waals surface area (Å²) in [6.07, 6.45) is 0.905. The van der Waals surface area contributed by atoms with E-state index in [9.17, 15) is 4.79 Å². The van der Waals surface area contributed by atoms with E-state index in [2.05, 4.69) is 22.6 Å². The van der Waals surface area contributed by atoms with Crippen LogP contribution < -0.4 is 0 Å². The van der Waals surface area contributed by atoms with Crippen molar-refractivity contribution in [2.24, 2.45) is 0 Å². The summed E-state index contributed by atoms with van der Waals surface area (Å²) in [5.74, 6) is 0. The first kappa shape index (κ1) is 7.21. The number of aryl methyl sites for hydroxylation is 1. The average Bonchev–Trinajstić information content (AvgIpc) is 2.10. The Morgan fingerprint density at radius 1 is 1.78 bits per heavy atom. The minimum atomic E-state index is 0.847. The minimum absolute atomic E-state index is 0.847. The van der Waals surface area contributed by atoms with Crippen LogP contribution in [-0.2, 0) is 0 Å². The van der Waals surface area contributed by atoms with Gasteiger partial charge in [-0.15, -0.1) is 11.3 Å². The molecule has 0 saturated heterocycles. The maximum Gasteiger partial charge on any atom is 0.160 e. The van der Waals surface area contributed by atoms with Crippen LogP contribution in [0.15, 0.2) is 6.07 Å². The van der Waals surface area contributed by atoms with Crippen molar-refractivity contribution in [3.05, 3.63) is 19.4 Å². The predicted octanol–water partition coefficient (Wildman–Crippen LogP) is 2.47. The number of hydrogen-bond acceptors (Lipinski definition) is 2. The second-order valence-electron chi connectivity index (χ2n) is 1.72. The molecule has 0 saturated carbocycles. The highest BCUT2D eigenvalue weighted by molar-refractivity contribution is 14.1. The molecule has 0 aliphatic carbocycles. The van der Waals surface area contributed by atoms with E-state index in [1.165, 1.54) is 14.2 Å². The third kappa shape index (κ3) is 1.52. The zero-order valence-electron chi connectivity index (χ0n) is 4.85. The van der Waals surface area contributed by atoms with E-state index in [1.807, 2.05) is 13.0 Å². The van der Waals surface area contributed by atoms with Crippen LogP contribution in [0.3, 0.4) is 0 Å². The summed E-state index contributed by atoms with van der Waals surface area (Å²) >= 11 is 3.74. The Morgan fingerprint density at radius 3 is 2.67 bits per heavy atom. The van der Waals surface area contributed by atoms with Crippen molar-refractivity contribution in [2.45, 2.75) is 6.92 Å². The predicted molar refractivity (Wildman–Crippen MR) is 47.2 cm³/mol. The highest BCUT2D eigenvalue weighted by atomic mass is 127. The van der Waals surface area contributed by atoms with Crippen molar-refractivity contribution in [2.75, 3.05) is 0 Å². The van der Waals surface area contributed by atoms with E-state index in [4.69, 9.17) is 0 Å². The Bertz CT molecular complexity index is 229. The molecule has 0 fully saturated rings. The molecule has 0 spiro atoms. The van der Waals surface area contributed by atoms with Crippen LogP contribution in [0.1, 0.15) is 15.2 Å². The normalized spacial score (nSPS) is 9.56. The Kier molecular flexibility index (Phi) is 2.23. The van der Waals surface area contributed by atoms with Gasteiger partial charge in [0.25, 0.3) is 0 Å². The Balaban J connectivity index is 3.15. The van der Waals surface area contributed by atoms with Crippen molar-refractivity contribution in [3.63, 3.8) is 0 Å². The van der Waals surface area contributed by atoms with Crippen LogP contribution >= 0.6 is 33.9 Å². The number of rotatable bonds is 1. The first-order valence-electron chi connectivity index (χ1n) is 2.45. The van der Waals surface area contributed by atoms with E-state index in [0.29, 0.717) is 0 Å². The summed E-state index contributed by atoms with van der Waals surface area (Å²) in [6, 6.07) is 2.01. The van der Waals surface area contributed by atoms with Gasteiger partial charge in [-0.3, -0.25) is 4.79 Å². The second kappa shape index (κ2) is 2.79. The summed E-state index contributed by atoms with van der Waals surface area (Å²) in [4.78, 5) is 11.1. The molecule has 0 aliphatic heterocycles. The molecule has 9 heavy (non-hydrogen) atoms. The highest BCUT2D eigenvalue weighted by Gasteiger charge is 1.99. The van der Waals surface area contributed by atoms with E-state index >= 15 is 0 Å². The molecule has 1 rings (SSSR count). The summed E-state index contributed by atoms with van der Waals surface area (Å²) < 4.78 is 1.17. The zero-order valence-corrected chi connectivity index (χ0v) is 7.82. The number of thiophene rings is 1. The molecule has 3 heteroatoms. The van der Waals surface area contributed by atoms with E-state index in [1.54, 1.807) is 0 Å². The lowest BCUT2D eigenvalue weighted by molar-refractivity contribution is 0.112. The summed E-state index contributed by atoms with van der Waals surface area (Å²) in [6.45, 7) is 1.95. The maximum absolute atomic E-state index is 10.2. The molecule has 0 aliphatic rings. The highest BCUT2D eigenvalue weighted by Crippen LogP contribution is 2.20.